The van der Waals surface area contributed by atoms with E-state index in [9.17, 15) is 17.6 Å². The van der Waals surface area contributed by atoms with Crippen molar-refractivity contribution in [1.82, 2.24) is 9.97 Å². The Morgan fingerprint density at radius 2 is 1.56 bits per heavy atom. The number of nitrogens with one attached hydrogen (secondary N) is 3. The van der Waals surface area contributed by atoms with E-state index in [0.717, 1.165) is 0 Å². The summed E-state index contributed by atoms with van der Waals surface area (Å²) >= 11 is 0. The van der Waals surface area contributed by atoms with Gasteiger partial charge in [-0.3, -0.25) is 10.1 Å². The molecule has 11 heteroatoms. The highest BCUT2D eigenvalue weighted by molar-refractivity contribution is 7.90. The number of nitrogens with zero attached hydrogens (tertiary/aromatic N) is 3. The third-order valence-electron chi connectivity index (χ3n) is 4.02. The van der Waals surface area contributed by atoms with Crippen molar-refractivity contribution in [1.29, 1.82) is 0 Å². The number of anilines is 3. The van der Waals surface area contributed by atoms with Crippen molar-refractivity contribution in [2.75, 3.05) is 16.0 Å². The van der Waals surface area contributed by atoms with E-state index in [0.29, 0.717) is 17.1 Å². The van der Waals surface area contributed by atoms with Crippen LogP contribution in [0.25, 0.3) is 0 Å². The van der Waals surface area contributed by atoms with Gasteiger partial charge in [0.25, 0.3) is 10.0 Å². The number of carbonyl (C=O) groups excluding carboxylic acids is 1. The van der Waals surface area contributed by atoms with E-state index in [1.54, 1.807) is 26.0 Å². The normalized spacial score (nSPS) is 11.7. The maximum atomic E-state index is 14.2. The smallest absolute Gasteiger partial charge is 0.285 e. The molecule has 0 unspecified atom stereocenters. The number of halogens is 1. The van der Waals surface area contributed by atoms with E-state index in [4.69, 9.17) is 0 Å². The SMILES string of the molecule is CC(=O)Nc1ccc(S(=O)(=O)/N=C(\Nc2nc(C)cc(C)n2)Nc2ccccc2F)cc1. The largest absolute Gasteiger partial charge is 0.326 e. The molecule has 3 rings (SSSR count). The molecule has 1 heterocycles. The summed E-state index contributed by atoms with van der Waals surface area (Å²) in [7, 11) is -4.21. The van der Waals surface area contributed by atoms with Crippen LogP contribution in [0, 0.1) is 19.7 Å². The molecule has 1 aromatic heterocycles. The highest BCUT2D eigenvalue weighted by Crippen LogP contribution is 2.18. The lowest BCUT2D eigenvalue weighted by molar-refractivity contribution is -0.114. The second-order valence-corrected chi connectivity index (χ2v) is 8.43. The number of para-hydroxylation sites is 1. The van der Waals surface area contributed by atoms with Crippen LogP contribution in [0.3, 0.4) is 0 Å². The number of hydrogen-bond acceptors (Lipinski definition) is 5. The lowest BCUT2D eigenvalue weighted by Crippen LogP contribution is -2.25. The Balaban J connectivity index is 1.98. The van der Waals surface area contributed by atoms with Crippen LogP contribution in [-0.4, -0.2) is 30.3 Å². The molecule has 0 fully saturated rings. The summed E-state index contributed by atoms with van der Waals surface area (Å²) in [4.78, 5) is 19.4. The molecule has 9 nitrogen and oxygen atoms in total. The summed E-state index contributed by atoms with van der Waals surface area (Å²) in [6, 6.07) is 13.0. The predicted molar refractivity (Wildman–Crippen MR) is 121 cm³/mol. The number of guanidine groups is 1. The van der Waals surface area contributed by atoms with Gasteiger partial charge in [0.2, 0.25) is 17.8 Å². The van der Waals surface area contributed by atoms with Crippen LogP contribution in [0.15, 0.2) is 63.9 Å². The Morgan fingerprint density at radius 3 is 2.16 bits per heavy atom. The third-order valence-corrected chi connectivity index (χ3v) is 5.31. The number of rotatable bonds is 5. The maximum absolute atomic E-state index is 14.2. The van der Waals surface area contributed by atoms with Crippen molar-refractivity contribution in [3.05, 3.63) is 71.8 Å². The van der Waals surface area contributed by atoms with E-state index in [-0.39, 0.29) is 28.4 Å². The first-order valence-corrected chi connectivity index (χ1v) is 10.9. The van der Waals surface area contributed by atoms with Gasteiger partial charge in [-0.15, -0.1) is 4.40 Å². The zero-order valence-corrected chi connectivity index (χ0v) is 18.4. The fraction of sp³-hybridized carbons (Fsp3) is 0.143. The first-order valence-electron chi connectivity index (χ1n) is 9.46. The van der Waals surface area contributed by atoms with E-state index in [2.05, 4.69) is 30.3 Å². The fourth-order valence-corrected chi connectivity index (χ4v) is 3.66. The first kappa shape index (κ1) is 22.8. The summed E-state index contributed by atoms with van der Waals surface area (Å²) in [5.41, 5.74) is 1.76. The summed E-state index contributed by atoms with van der Waals surface area (Å²) < 4.78 is 43.7. The van der Waals surface area contributed by atoms with Gasteiger partial charge in [-0.25, -0.2) is 14.4 Å². The first-order chi connectivity index (χ1) is 15.1. The molecule has 32 heavy (non-hydrogen) atoms. The minimum atomic E-state index is -4.21. The van der Waals surface area contributed by atoms with Crippen LogP contribution in [0.2, 0.25) is 0 Å². The number of aromatic nitrogens is 2. The number of sulfonamides is 1. The number of benzene rings is 2. The second-order valence-electron chi connectivity index (χ2n) is 6.82. The van der Waals surface area contributed by atoms with Crippen molar-refractivity contribution < 1.29 is 17.6 Å². The van der Waals surface area contributed by atoms with Gasteiger partial charge in [0.1, 0.15) is 5.82 Å². The van der Waals surface area contributed by atoms with Gasteiger partial charge in [-0.2, -0.15) is 8.42 Å². The molecule has 0 aliphatic carbocycles. The standard InChI is InChI=1S/C21H21FN6O3S/c1-13-12-14(2)24-20(23-13)27-21(26-19-7-5-4-6-18(19)22)28-32(30,31)17-10-8-16(9-11-17)25-15(3)29/h4-12H,1-3H3,(H,25,29)(H2,23,24,26,27,28). The second kappa shape index (κ2) is 9.52. The summed E-state index contributed by atoms with van der Waals surface area (Å²) in [5, 5.41) is 7.91. The minimum Gasteiger partial charge on any atom is -0.326 e. The van der Waals surface area contributed by atoms with Crippen molar-refractivity contribution in [3.63, 3.8) is 0 Å². The number of hydrogen-bond donors (Lipinski definition) is 3. The Bertz CT molecular complexity index is 1260. The maximum Gasteiger partial charge on any atom is 0.285 e. The quantitative estimate of drug-likeness (QED) is 0.396. The Labute approximate surface area is 184 Å². The molecule has 0 aliphatic rings. The zero-order valence-electron chi connectivity index (χ0n) is 17.5. The molecule has 0 saturated heterocycles. The fourth-order valence-electron chi connectivity index (χ4n) is 2.74. The van der Waals surface area contributed by atoms with Crippen LogP contribution in [0.1, 0.15) is 18.3 Å². The summed E-state index contributed by atoms with van der Waals surface area (Å²) in [5.74, 6) is -1.07. The van der Waals surface area contributed by atoms with E-state index >= 15 is 0 Å². The molecule has 1 amide bonds. The average Bonchev–Trinajstić information content (AvgIpc) is 2.68. The Hall–Kier alpha value is -3.86. The van der Waals surface area contributed by atoms with Gasteiger partial charge in [-0.1, -0.05) is 12.1 Å². The van der Waals surface area contributed by atoms with Crippen LogP contribution >= 0.6 is 0 Å². The van der Waals surface area contributed by atoms with Crippen LogP contribution in [0.5, 0.6) is 0 Å². The minimum absolute atomic E-state index is 0.0133. The van der Waals surface area contributed by atoms with E-state index in [1.165, 1.54) is 49.4 Å². The molecule has 3 aromatic rings. The van der Waals surface area contributed by atoms with Gasteiger partial charge in [-0.05, 0) is 56.3 Å². The number of amides is 1. The zero-order chi connectivity index (χ0) is 23.3. The van der Waals surface area contributed by atoms with Gasteiger partial charge in [0.05, 0.1) is 10.6 Å². The lowest BCUT2D eigenvalue weighted by atomic mass is 10.3. The molecule has 0 spiro atoms. The highest BCUT2D eigenvalue weighted by Gasteiger charge is 2.17. The van der Waals surface area contributed by atoms with Gasteiger partial charge in [0.15, 0.2) is 0 Å². The van der Waals surface area contributed by atoms with Crippen molar-refractivity contribution in [2.24, 2.45) is 4.40 Å². The monoisotopic (exact) mass is 456 g/mol. The molecular formula is C21H21FN6O3S. The Kier molecular flexibility index (Phi) is 6.79. The number of carbonyl (C=O) groups is 1. The summed E-state index contributed by atoms with van der Waals surface area (Å²) in [6.45, 7) is 4.86. The average molecular weight is 457 g/mol. The van der Waals surface area contributed by atoms with Crippen LogP contribution in [-0.2, 0) is 14.8 Å². The Morgan fingerprint density at radius 1 is 0.938 bits per heavy atom. The predicted octanol–water partition coefficient (Wildman–Crippen LogP) is 3.46. The van der Waals surface area contributed by atoms with Gasteiger partial charge >= 0.3 is 0 Å². The molecule has 0 bridgehead atoms. The van der Waals surface area contributed by atoms with Crippen molar-refractivity contribution >= 4 is 39.2 Å². The van der Waals surface area contributed by atoms with E-state index < -0.39 is 15.8 Å². The van der Waals surface area contributed by atoms with E-state index in [1.807, 2.05) is 0 Å². The lowest BCUT2D eigenvalue weighted by Gasteiger charge is -2.13. The van der Waals surface area contributed by atoms with Crippen molar-refractivity contribution in [3.8, 4) is 0 Å². The third kappa shape index (κ3) is 6.08. The highest BCUT2D eigenvalue weighted by atomic mass is 32.2. The summed E-state index contributed by atoms with van der Waals surface area (Å²) in [6.07, 6.45) is 0. The molecular weight excluding hydrogens is 435 g/mol. The molecule has 3 N–H and O–H groups in total. The molecule has 2 aromatic carbocycles. The molecule has 0 saturated carbocycles. The van der Waals surface area contributed by atoms with Crippen LogP contribution < -0.4 is 16.0 Å². The molecule has 0 radical (unpaired) electrons. The van der Waals surface area contributed by atoms with Gasteiger partial charge in [0, 0.05) is 24.0 Å². The molecule has 0 aliphatic heterocycles. The molecule has 0 atom stereocenters. The van der Waals surface area contributed by atoms with Crippen molar-refractivity contribution in [2.45, 2.75) is 25.7 Å². The molecule has 166 valence electrons. The topological polar surface area (TPSA) is 125 Å². The number of aryl methyl sites for hydroxylation is 2. The van der Waals surface area contributed by atoms with Gasteiger partial charge < -0.3 is 10.6 Å². The van der Waals surface area contributed by atoms with Crippen LogP contribution in [0.4, 0.5) is 21.7 Å².